The summed E-state index contributed by atoms with van der Waals surface area (Å²) < 4.78 is 0. The number of anilines is 1. The number of nitrogens with zero attached hydrogens (tertiary/aromatic N) is 3. The summed E-state index contributed by atoms with van der Waals surface area (Å²) in [4.78, 5) is 17.2. The summed E-state index contributed by atoms with van der Waals surface area (Å²) in [7, 11) is 5.93. The molecule has 0 bridgehead atoms. The summed E-state index contributed by atoms with van der Waals surface area (Å²) in [5, 5.41) is 10.9. The molecule has 1 N–H and O–H groups in total. The minimum absolute atomic E-state index is 0.138. The lowest BCUT2D eigenvalue weighted by Gasteiger charge is -2.33. The normalized spacial score (nSPS) is 16.9. The SMILES string of the molecule is CN(C)CCN(C(=O)O)c1ccc(C2CN(C)Cc3c(Cl)cc(Cl)cc32)cc1. The second kappa shape index (κ2) is 8.70. The van der Waals surface area contributed by atoms with Crippen LogP contribution in [0.5, 0.6) is 0 Å². The number of amides is 1. The van der Waals surface area contributed by atoms with E-state index >= 15 is 0 Å². The predicted molar refractivity (Wildman–Crippen MR) is 115 cm³/mol. The van der Waals surface area contributed by atoms with Crippen LogP contribution in [-0.2, 0) is 6.54 Å². The Morgan fingerprint density at radius 3 is 2.46 bits per heavy atom. The Morgan fingerprint density at radius 1 is 1.18 bits per heavy atom. The van der Waals surface area contributed by atoms with Crippen LogP contribution in [0, 0.1) is 0 Å². The van der Waals surface area contributed by atoms with E-state index in [1.54, 1.807) is 6.07 Å². The number of carboxylic acid groups (broad SMARTS) is 1. The monoisotopic (exact) mass is 421 g/mol. The maximum absolute atomic E-state index is 11.7. The Morgan fingerprint density at radius 2 is 1.86 bits per heavy atom. The molecule has 0 saturated carbocycles. The average molecular weight is 422 g/mol. The second-order valence-electron chi connectivity index (χ2n) is 7.53. The van der Waals surface area contributed by atoms with Crippen molar-refractivity contribution in [2.75, 3.05) is 45.7 Å². The highest BCUT2D eigenvalue weighted by molar-refractivity contribution is 6.35. The van der Waals surface area contributed by atoms with Gasteiger partial charge in [0.15, 0.2) is 0 Å². The smallest absolute Gasteiger partial charge is 0.411 e. The summed E-state index contributed by atoms with van der Waals surface area (Å²) in [5.74, 6) is 0.138. The lowest BCUT2D eigenvalue weighted by atomic mass is 9.84. The molecule has 1 aliphatic rings. The van der Waals surface area contributed by atoms with Crippen LogP contribution >= 0.6 is 23.2 Å². The van der Waals surface area contributed by atoms with Gasteiger partial charge < -0.3 is 14.9 Å². The van der Waals surface area contributed by atoms with Crippen LogP contribution < -0.4 is 4.90 Å². The summed E-state index contributed by atoms with van der Waals surface area (Å²) in [6, 6.07) is 11.5. The van der Waals surface area contributed by atoms with E-state index in [1.165, 1.54) is 4.90 Å². The van der Waals surface area contributed by atoms with Gasteiger partial charge in [-0.25, -0.2) is 4.79 Å². The first-order chi connectivity index (χ1) is 13.3. The highest BCUT2D eigenvalue weighted by atomic mass is 35.5. The fourth-order valence-corrected chi connectivity index (χ4v) is 4.22. The minimum atomic E-state index is -0.948. The Labute approximate surface area is 176 Å². The number of halogens is 2. The van der Waals surface area contributed by atoms with Crippen LogP contribution in [0.2, 0.25) is 10.0 Å². The third kappa shape index (κ3) is 4.61. The number of hydrogen-bond acceptors (Lipinski definition) is 3. The quantitative estimate of drug-likeness (QED) is 0.764. The van der Waals surface area contributed by atoms with Crippen molar-refractivity contribution in [2.45, 2.75) is 12.5 Å². The molecular weight excluding hydrogens is 397 g/mol. The molecule has 7 heteroatoms. The molecule has 0 spiro atoms. The number of likely N-dealkylation sites (N-methyl/N-ethyl adjacent to an activating group) is 2. The van der Waals surface area contributed by atoms with E-state index in [-0.39, 0.29) is 5.92 Å². The van der Waals surface area contributed by atoms with Crippen LogP contribution in [0.4, 0.5) is 10.5 Å². The Kier molecular flexibility index (Phi) is 6.50. The number of rotatable bonds is 5. The van der Waals surface area contributed by atoms with Gasteiger partial charge in [0.2, 0.25) is 0 Å². The van der Waals surface area contributed by atoms with Gasteiger partial charge in [-0.05, 0) is 62.1 Å². The lowest BCUT2D eigenvalue weighted by molar-refractivity contribution is 0.201. The van der Waals surface area contributed by atoms with Crippen molar-refractivity contribution in [3.8, 4) is 0 Å². The molecule has 0 saturated heterocycles. The van der Waals surface area contributed by atoms with Crippen LogP contribution in [0.15, 0.2) is 36.4 Å². The number of carbonyl (C=O) groups is 1. The zero-order chi connectivity index (χ0) is 20.4. The van der Waals surface area contributed by atoms with E-state index < -0.39 is 6.09 Å². The molecule has 28 heavy (non-hydrogen) atoms. The molecule has 0 radical (unpaired) electrons. The maximum atomic E-state index is 11.7. The van der Waals surface area contributed by atoms with Crippen LogP contribution in [0.1, 0.15) is 22.6 Å². The van der Waals surface area contributed by atoms with Gasteiger partial charge in [0.05, 0.1) is 0 Å². The molecule has 1 atom stereocenters. The van der Waals surface area contributed by atoms with Crippen molar-refractivity contribution < 1.29 is 9.90 Å². The standard InChI is InChI=1S/C21H25Cl2N3O2/c1-24(2)8-9-26(21(27)28)16-6-4-14(5-7-16)18-12-25(3)13-19-17(18)10-15(22)11-20(19)23/h4-7,10-11,18H,8-9,12-13H2,1-3H3,(H,27,28). The summed E-state index contributed by atoms with van der Waals surface area (Å²) in [6.07, 6.45) is -0.948. The fraction of sp³-hybridized carbons (Fsp3) is 0.381. The van der Waals surface area contributed by atoms with E-state index in [0.29, 0.717) is 28.8 Å². The molecule has 2 aromatic carbocycles. The molecule has 3 rings (SSSR count). The van der Waals surface area contributed by atoms with Crippen LogP contribution in [-0.4, -0.2) is 61.8 Å². The third-order valence-electron chi connectivity index (χ3n) is 5.10. The molecule has 1 amide bonds. The lowest BCUT2D eigenvalue weighted by Crippen LogP contribution is -2.35. The molecule has 0 aliphatic carbocycles. The molecule has 1 aliphatic heterocycles. The van der Waals surface area contributed by atoms with Gasteiger partial charge >= 0.3 is 6.09 Å². The van der Waals surface area contributed by atoms with Crippen molar-refractivity contribution in [3.05, 3.63) is 63.1 Å². The summed E-state index contributed by atoms with van der Waals surface area (Å²) in [6.45, 7) is 2.72. The zero-order valence-corrected chi connectivity index (χ0v) is 17.8. The van der Waals surface area contributed by atoms with Crippen molar-refractivity contribution >= 4 is 35.0 Å². The Bertz CT molecular complexity index is 855. The van der Waals surface area contributed by atoms with Gasteiger partial charge in [0.25, 0.3) is 0 Å². The van der Waals surface area contributed by atoms with E-state index in [9.17, 15) is 9.90 Å². The van der Waals surface area contributed by atoms with Gasteiger partial charge in [0, 0.05) is 47.8 Å². The fourth-order valence-electron chi connectivity index (χ4n) is 3.65. The molecule has 0 fully saturated rings. The Hall–Kier alpha value is -1.79. The number of fused-ring (bicyclic) bond motifs is 1. The van der Waals surface area contributed by atoms with Crippen LogP contribution in [0.3, 0.4) is 0 Å². The van der Waals surface area contributed by atoms with E-state index in [2.05, 4.69) is 11.9 Å². The third-order valence-corrected chi connectivity index (χ3v) is 5.66. The van der Waals surface area contributed by atoms with Crippen molar-refractivity contribution in [1.82, 2.24) is 9.80 Å². The molecule has 2 aromatic rings. The molecule has 1 heterocycles. The van der Waals surface area contributed by atoms with Gasteiger partial charge in [-0.15, -0.1) is 0 Å². The molecule has 0 aromatic heterocycles. The van der Waals surface area contributed by atoms with Gasteiger partial charge in [-0.1, -0.05) is 35.3 Å². The van der Waals surface area contributed by atoms with E-state index in [1.807, 2.05) is 49.3 Å². The van der Waals surface area contributed by atoms with E-state index in [4.69, 9.17) is 23.2 Å². The van der Waals surface area contributed by atoms with Gasteiger partial charge in [0.1, 0.15) is 0 Å². The first-order valence-electron chi connectivity index (χ1n) is 9.17. The number of hydrogen-bond donors (Lipinski definition) is 1. The van der Waals surface area contributed by atoms with Gasteiger partial charge in [-0.2, -0.15) is 0 Å². The van der Waals surface area contributed by atoms with Crippen molar-refractivity contribution in [1.29, 1.82) is 0 Å². The molecule has 1 unspecified atom stereocenters. The predicted octanol–water partition coefficient (Wildman–Crippen LogP) is 4.62. The van der Waals surface area contributed by atoms with Gasteiger partial charge in [-0.3, -0.25) is 4.90 Å². The second-order valence-corrected chi connectivity index (χ2v) is 8.38. The zero-order valence-electron chi connectivity index (χ0n) is 16.3. The molecular formula is C21H25Cl2N3O2. The highest BCUT2D eigenvalue weighted by Crippen LogP contribution is 2.38. The summed E-state index contributed by atoms with van der Waals surface area (Å²) >= 11 is 12.7. The van der Waals surface area contributed by atoms with Crippen LogP contribution in [0.25, 0.3) is 0 Å². The van der Waals surface area contributed by atoms with Crippen molar-refractivity contribution in [3.63, 3.8) is 0 Å². The topological polar surface area (TPSA) is 47.0 Å². The highest BCUT2D eigenvalue weighted by Gasteiger charge is 2.27. The minimum Gasteiger partial charge on any atom is -0.465 e. The average Bonchev–Trinajstić information content (AvgIpc) is 2.62. The molecule has 5 nitrogen and oxygen atoms in total. The number of benzene rings is 2. The van der Waals surface area contributed by atoms with E-state index in [0.717, 1.165) is 29.8 Å². The Balaban J connectivity index is 1.91. The molecule has 150 valence electrons. The largest absolute Gasteiger partial charge is 0.465 e. The maximum Gasteiger partial charge on any atom is 0.411 e. The summed E-state index contributed by atoms with van der Waals surface area (Å²) in [5.41, 5.74) is 4.04. The van der Waals surface area contributed by atoms with Crippen molar-refractivity contribution in [2.24, 2.45) is 0 Å². The first-order valence-corrected chi connectivity index (χ1v) is 9.93. The first kappa shape index (κ1) is 20.9.